The van der Waals surface area contributed by atoms with E-state index in [2.05, 4.69) is 9.98 Å². The zero-order valence-corrected chi connectivity index (χ0v) is 7.95. The first-order chi connectivity index (χ1) is 7.38. The Kier molecular flexibility index (Phi) is 2.21. The molecule has 0 unspecified atom stereocenters. The van der Waals surface area contributed by atoms with Crippen molar-refractivity contribution in [1.29, 1.82) is 0 Å². The van der Waals surface area contributed by atoms with E-state index in [9.17, 15) is 18.0 Å². The molecule has 0 radical (unpaired) electrons. The molecule has 1 aromatic rings. The first-order valence-electron chi connectivity index (χ1n) is 4.37. The first kappa shape index (κ1) is 10.7. The van der Waals surface area contributed by atoms with Crippen LogP contribution in [0.15, 0.2) is 4.99 Å². The minimum absolute atomic E-state index is 0.0908. The predicted octanol–water partition coefficient (Wildman–Crippen LogP) is 0.803. The van der Waals surface area contributed by atoms with Crippen molar-refractivity contribution >= 4 is 18.1 Å². The average Bonchev–Trinajstić information content (AvgIpc) is 2.58. The summed E-state index contributed by atoms with van der Waals surface area (Å²) >= 11 is 0. The number of aliphatic imine (C=N–C) groups is 1. The lowest BCUT2D eigenvalue weighted by Gasteiger charge is -2.05. The maximum absolute atomic E-state index is 12.2. The highest BCUT2D eigenvalue weighted by atomic mass is 19.4. The second kappa shape index (κ2) is 3.32. The lowest BCUT2D eigenvalue weighted by molar-refractivity contribution is -0.127. The van der Waals surface area contributed by atoms with Crippen molar-refractivity contribution in [2.24, 2.45) is 10.7 Å². The van der Waals surface area contributed by atoms with Gasteiger partial charge in [0.05, 0.1) is 18.7 Å². The zero-order chi connectivity index (χ0) is 11.9. The van der Waals surface area contributed by atoms with Crippen LogP contribution in [0.25, 0.3) is 0 Å². The van der Waals surface area contributed by atoms with Crippen LogP contribution in [0.5, 0.6) is 0 Å². The Morgan fingerprint density at radius 2 is 2.25 bits per heavy atom. The number of nitrogens with zero attached hydrogens (tertiary/aromatic N) is 3. The molecule has 2 N–H and O–H groups in total. The number of rotatable bonds is 2. The van der Waals surface area contributed by atoms with E-state index < -0.39 is 18.5 Å². The van der Waals surface area contributed by atoms with Crippen LogP contribution in [0.1, 0.15) is 16.2 Å². The molecule has 0 aromatic carbocycles. The largest absolute Gasteiger partial charge is 0.394 e. The van der Waals surface area contributed by atoms with Crippen molar-refractivity contribution in [2.45, 2.75) is 19.1 Å². The SMILES string of the molecule is NC(=O)c1c(CC(F)(F)F)nc2n1CC=N2. The summed E-state index contributed by atoms with van der Waals surface area (Å²) in [6, 6.07) is 0. The molecular weight excluding hydrogens is 225 g/mol. The standard InChI is InChI=1S/C8H7F3N4O/c9-8(10,11)3-4-5(6(12)16)15-2-1-13-7(15)14-4/h1H,2-3H2,(H2,12,16). The van der Waals surface area contributed by atoms with Gasteiger partial charge >= 0.3 is 6.18 Å². The third-order valence-corrected chi connectivity index (χ3v) is 2.09. The van der Waals surface area contributed by atoms with Crippen molar-refractivity contribution in [3.05, 3.63) is 11.4 Å². The number of alkyl halides is 3. The Morgan fingerprint density at radius 1 is 1.56 bits per heavy atom. The van der Waals surface area contributed by atoms with E-state index in [4.69, 9.17) is 5.73 Å². The van der Waals surface area contributed by atoms with Gasteiger partial charge in [-0.3, -0.25) is 9.36 Å². The summed E-state index contributed by atoms with van der Waals surface area (Å²) in [6.45, 7) is 0.221. The molecule has 0 fully saturated rings. The molecule has 5 nitrogen and oxygen atoms in total. The number of hydrogen-bond acceptors (Lipinski definition) is 3. The van der Waals surface area contributed by atoms with E-state index in [1.165, 1.54) is 10.8 Å². The molecule has 1 aromatic heterocycles. The van der Waals surface area contributed by atoms with Gasteiger partial charge in [-0.1, -0.05) is 0 Å². The average molecular weight is 232 g/mol. The van der Waals surface area contributed by atoms with Gasteiger partial charge in [-0.05, 0) is 0 Å². The fourth-order valence-electron chi connectivity index (χ4n) is 1.55. The van der Waals surface area contributed by atoms with Crippen LogP contribution in [0.4, 0.5) is 19.1 Å². The lowest BCUT2D eigenvalue weighted by Crippen LogP contribution is -2.21. The van der Waals surface area contributed by atoms with Crippen LogP contribution in [-0.4, -0.2) is 27.8 Å². The van der Waals surface area contributed by atoms with Crippen LogP contribution >= 0.6 is 0 Å². The van der Waals surface area contributed by atoms with Crippen molar-refractivity contribution in [3.8, 4) is 0 Å². The van der Waals surface area contributed by atoms with Gasteiger partial charge in [0.1, 0.15) is 5.69 Å². The van der Waals surface area contributed by atoms with Gasteiger partial charge in [0.15, 0.2) is 0 Å². The summed E-state index contributed by atoms with van der Waals surface area (Å²) in [5.74, 6) is -0.837. The van der Waals surface area contributed by atoms with Gasteiger partial charge in [0.25, 0.3) is 5.91 Å². The highest BCUT2D eigenvalue weighted by Crippen LogP contribution is 2.27. The molecular formula is C8H7F3N4O. The summed E-state index contributed by atoms with van der Waals surface area (Å²) in [4.78, 5) is 18.5. The quantitative estimate of drug-likeness (QED) is 0.819. The summed E-state index contributed by atoms with van der Waals surface area (Å²) in [5, 5.41) is 0. The minimum atomic E-state index is -4.43. The third kappa shape index (κ3) is 1.77. The Hall–Kier alpha value is -1.86. The molecule has 0 aliphatic carbocycles. The number of amides is 1. The fraction of sp³-hybridized carbons (Fsp3) is 0.375. The van der Waals surface area contributed by atoms with Gasteiger partial charge in [-0.2, -0.15) is 13.2 Å². The molecule has 1 aliphatic rings. The molecule has 0 saturated heterocycles. The van der Waals surface area contributed by atoms with Gasteiger partial charge < -0.3 is 5.73 Å². The van der Waals surface area contributed by atoms with Gasteiger partial charge in [0.2, 0.25) is 5.95 Å². The fourth-order valence-corrected chi connectivity index (χ4v) is 1.55. The molecule has 1 amide bonds. The number of halogens is 3. The number of fused-ring (bicyclic) bond motifs is 1. The maximum Gasteiger partial charge on any atom is 0.394 e. The minimum Gasteiger partial charge on any atom is -0.364 e. The van der Waals surface area contributed by atoms with E-state index in [0.717, 1.165) is 0 Å². The van der Waals surface area contributed by atoms with Gasteiger partial charge in [-0.25, -0.2) is 9.98 Å². The smallest absolute Gasteiger partial charge is 0.364 e. The topological polar surface area (TPSA) is 73.3 Å². The normalized spacial score (nSPS) is 14.2. The van der Waals surface area contributed by atoms with Gasteiger partial charge in [-0.15, -0.1) is 0 Å². The number of primary amides is 1. The van der Waals surface area contributed by atoms with Gasteiger partial charge in [0, 0.05) is 6.21 Å². The van der Waals surface area contributed by atoms with Crippen LogP contribution in [0.2, 0.25) is 0 Å². The van der Waals surface area contributed by atoms with Crippen LogP contribution in [0, 0.1) is 0 Å². The van der Waals surface area contributed by atoms with Crippen LogP contribution in [0.3, 0.4) is 0 Å². The molecule has 1 aliphatic heterocycles. The second-order valence-corrected chi connectivity index (χ2v) is 3.29. The Bertz CT molecular complexity index is 474. The molecule has 0 bridgehead atoms. The molecule has 8 heteroatoms. The number of imidazole rings is 1. The van der Waals surface area contributed by atoms with E-state index in [0.29, 0.717) is 0 Å². The molecule has 0 spiro atoms. The van der Waals surface area contributed by atoms with Crippen molar-refractivity contribution in [2.75, 3.05) is 0 Å². The third-order valence-electron chi connectivity index (χ3n) is 2.09. The van der Waals surface area contributed by atoms with E-state index in [1.807, 2.05) is 0 Å². The monoisotopic (exact) mass is 232 g/mol. The highest BCUT2D eigenvalue weighted by Gasteiger charge is 2.33. The maximum atomic E-state index is 12.2. The predicted molar refractivity (Wildman–Crippen MR) is 48.7 cm³/mol. The summed E-state index contributed by atoms with van der Waals surface area (Å²) in [7, 11) is 0. The number of aromatic nitrogens is 2. The van der Waals surface area contributed by atoms with Crippen LogP contribution < -0.4 is 5.73 Å². The number of nitrogens with two attached hydrogens (primary N) is 1. The van der Waals surface area contributed by atoms with E-state index in [1.54, 1.807) is 0 Å². The first-order valence-corrected chi connectivity index (χ1v) is 4.37. The number of carbonyl (C=O) groups is 1. The Labute approximate surface area is 87.8 Å². The second-order valence-electron chi connectivity index (χ2n) is 3.29. The van der Waals surface area contributed by atoms with Crippen molar-refractivity contribution in [1.82, 2.24) is 9.55 Å². The number of hydrogen-bond donors (Lipinski definition) is 1. The molecule has 16 heavy (non-hydrogen) atoms. The van der Waals surface area contributed by atoms with Crippen LogP contribution in [-0.2, 0) is 13.0 Å². The summed E-state index contributed by atoms with van der Waals surface area (Å²) in [6.07, 6.45) is -4.25. The highest BCUT2D eigenvalue weighted by molar-refractivity contribution is 5.93. The lowest BCUT2D eigenvalue weighted by atomic mass is 10.2. The molecule has 0 saturated carbocycles. The Balaban J connectivity index is 2.45. The summed E-state index contributed by atoms with van der Waals surface area (Å²) < 4.78 is 37.9. The molecule has 0 atom stereocenters. The summed E-state index contributed by atoms with van der Waals surface area (Å²) in [5.41, 5.74) is 4.44. The molecule has 86 valence electrons. The zero-order valence-electron chi connectivity index (χ0n) is 7.95. The van der Waals surface area contributed by atoms with Crippen molar-refractivity contribution in [3.63, 3.8) is 0 Å². The molecule has 2 heterocycles. The molecule has 2 rings (SSSR count). The Morgan fingerprint density at radius 3 is 2.81 bits per heavy atom. The number of carbonyl (C=O) groups excluding carboxylic acids is 1. The van der Waals surface area contributed by atoms with Crippen molar-refractivity contribution < 1.29 is 18.0 Å². The van der Waals surface area contributed by atoms with E-state index >= 15 is 0 Å². The van der Waals surface area contributed by atoms with E-state index in [-0.39, 0.29) is 23.9 Å².